The van der Waals surface area contributed by atoms with Gasteiger partial charge in [-0.3, -0.25) is 0 Å². The molecule has 1 saturated heterocycles. The Morgan fingerprint density at radius 3 is 2.80 bits per heavy atom. The fourth-order valence-corrected chi connectivity index (χ4v) is 2.27. The van der Waals surface area contributed by atoms with Crippen molar-refractivity contribution in [3.05, 3.63) is 0 Å². The Morgan fingerprint density at radius 2 is 2.20 bits per heavy atom. The van der Waals surface area contributed by atoms with E-state index in [1.807, 2.05) is 6.92 Å². The maximum absolute atomic E-state index is 11.1. The van der Waals surface area contributed by atoms with Crippen molar-refractivity contribution in [2.75, 3.05) is 26.0 Å². The first kappa shape index (κ1) is 12.9. The van der Waals surface area contributed by atoms with Crippen LogP contribution in [0.4, 0.5) is 0 Å². The van der Waals surface area contributed by atoms with Gasteiger partial charge in [0.1, 0.15) is 0 Å². The van der Waals surface area contributed by atoms with Crippen LogP contribution >= 0.6 is 0 Å². The Kier molecular flexibility index (Phi) is 4.98. The van der Waals surface area contributed by atoms with Gasteiger partial charge >= 0.3 is 0 Å². The predicted octanol–water partition coefficient (Wildman–Crippen LogP) is -0.307. The molecule has 1 rings (SSSR count). The van der Waals surface area contributed by atoms with Crippen LogP contribution in [0.3, 0.4) is 0 Å². The molecule has 1 aliphatic rings. The fourth-order valence-electron chi connectivity index (χ4n) is 1.68. The molecule has 2 atom stereocenters. The second-order valence-corrected chi connectivity index (χ2v) is 5.93. The average molecular weight is 236 g/mol. The van der Waals surface area contributed by atoms with E-state index in [-0.39, 0.29) is 11.9 Å². The van der Waals surface area contributed by atoms with Crippen LogP contribution in [0.15, 0.2) is 0 Å². The van der Waals surface area contributed by atoms with E-state index in [0.717, 1.165) is 19.4 Å². The van der Waals surface area contributed by atoms with Crippen molar-refractivity contribution in [2.24, 2.45) is 0 Å². The van der Waals surface area contributed by atoms with Crippen molar-refractivity contribution >= 4 is 10.0 Å². The lowest BCUT2D eigenvalue weighted by Crippen LogP contribution is -2.41. The Balaban J connectivity index is 2.20. The number of rotatable bonds is 5. The fraction of sp³-hybridized carbons (Fsp3) is 1.00. The van der Waals surface area contributed by atoms with Gasteiger partial charge < -0.3 is 10.1 Å². The predicted molar refractivity (Wildman–Crippen MR) is 59.3 cm³/mol. The van der Waals surface area contributed by atoms with Gasteiger partial charge in [0, 0.05) is 19.2 Å². The van der Waals surface area contributed by atoms with Crippen LogP contribution in [0.5, 0.6) is 0 Å². The molecule has 1 aliphatic heterocycles. The summed E-state index contributed by atoms with van der Waals surface area (Å²) in [4.78, 5) is 0. The molecule has 0 aromatic heterocycles. The zero-order valence-corrected chi connectivity index (χ0v) is 10.1. The summed E-state index contributed by atoms with van der Waals surface area (Å²) >= 11 is 0. The highest BCUT2D eigenvalue weighted by Gasteiger charge is 2.19. The van der Waals surface area contributed by atoms with Gasteiger partial charge in [-0.25, -0.2) is 13.1 Å². The first-order valence-corrected chi connectivity index (χ1v) is 6.95. The van der Waals surface area contributed by atoms with E-state index in [4.69, 9.17) is 4.74 Å². The zero-order chi connectivity index (χ0) is 11.3. The molecule has 2 unspecified atom stereocenters. The summed E-state index contributed by atoms with van der Waals surface area (Å²) in [5.41, 5.74) is 0. The summed E-state index contributed by atoms with van der Waals surface area (Å²) in [6, 6.07) is 0.390. The second-order valence-electron chi connectivity index (χ2n) is 3.88. The molecule has 0 bridgehead atoms. The standard InChI is InChI=1S/C9H20N2O3S/c1-8-7-9(3-5-14-8)11-4-6-15(12,13)10-2/h8-11H,3-7H2,1-2H3. The van der Waals surface area contributed by atoms with Gasteiger partial charge in [-0.05, 0) is 26.8 Å². The summed E-state index contributed by atoms with van der Waals surface area (Å²) in [6.45, 7) is 3.30. The molecule has 1 heterocycles. The van der Waals surface area contributed by atoms with Gasteiger partial charge in [0.15, 0.2) is 0 Å². The molecule has 0 saturated carbocycles. The number of hydrogen-bond donors (Lipinski definition) is 2. The minimum atomic E-state index is -3.08. The normalized spacial score (nSPS) is 27.9. The van der Waals surface area contributed by atoms with E-state index in [9.17, 15) is 8.42 Å². The van der Waals surface area contributed by atoms with Crippen LogP contribution in [0.2, 0.25) is 0 Å². The minimum absolute atomic E-state index is 0.134. The molecule has 1 fully saturated rings. The molecule has 0 amide bonds. The third-order valence-corrected chi connectivity index (χ3v) is 3.96. The maximum Gasteiger partial charge on any atom is 0.212 e. The molecule has 15 heavy (non-hydrogen) atoms. The van der Waals surface area contributed by atoms with Crippen molar-refractivity contribution in [1.82, 2.24) is 10.0 Å². The molecule has 90 valence electrons. The number of ether oxygens (including phenoxy) is 1. The van der Waals surface area contributed by atoms with Crippen molar-refractivity contribution in [3.8, 4) is 0 Å². The monoisotopic (exact) mass is 236 g/mol. The molecule has 0 aromatic carbocycles. The van der Waals surface area contributed by atoms with Crippen LogP contribution in [0.1, 0.15) is 19.8 Å². The van der Waals surface area contributed by atoms with Gasteiger partial charge in [-0.1, -0.05) is 0 Å². The van der Waals surface area contributed by atoms with Gasteiger partial charge in [-0.2, -0.15) is 0 Å². The SMILES string of the molecule is CNS(=O)(=O)CCNC1CCOC(C)C1. The lowest BCUT2D eigenvalue weighted by Gasteiger charge is -2.27. The highest BCUT2D eigenvalue weighted by atomic mass is 32.2. The van der Waals surface area contributed by atoms with Crippen LogP contribution in [0, 0.1) is 0 Å². The summed E-state index contributed by atoms with van der Waals surface area (Å²) in [5.74, 6) is 0.134. The first-order valence-electron chi connectivity index (χ1n) is 5.29. The number of nitrogens with one attached hydrogen (secondary N) is 2. The smallest absolute Gasteiger partial charge is 0.212 e. The van der Waals surface area contributed by atoms with E-state index in [1.165, 1.54) is 7.05 Å². The molecule has 5 nitrogen and oxygen atoms in total. The van der Waals surface area contributed by atoms with Crippen LogP contribution < -0.4 is 10.0 Å². The van der Waals surface area contributed by atoms with E-state index in [1.54, 1.807) is 0 Å². The first-order chi connectivity index (χ1) is 7.03. The van der Waals surface area contributed by atoms with E-state index >= 15 is 0 Å². The average Bonchev–Trinajstić information content (AvgIpc) is 2.18. The van der Waals surface area contributed by atoms with Crippen LogP contribution in [0.25, 0.3) is 0 Å². The van der Waals surface area contributed by atoms with Gasteiger partial charge in [0.2, 0.25) is 10.0 Å². The summed E-state index contributed by atoms with van der Waals surface area (Å²) in [6.07, 6.45) is 2.20. The molecular weight excluding hydrogens is 216 g/mol. The Labute approximate surface area is 91.6 Å². The third-order valence-electron chi connectivity index (χ3n) is 2.60. The Morgan fingerprint density at radius 1 is 1.47 bits per heavy atom. The zero-order valence-electron chi connectivity index (χ0n) is 9.32. The summed E-state index contributed by atoms with van der Waals surface area (Å²) in [5, 5.41) is 3.24. The molecule has 0 aromatic rings. The minimum Gasteiger partial charge on any atom is -0.378 e. The molecule has 2 N–H and O–H groups in total. The number of sulfonamides is 1. The topological polar surface area (TPSA) is 67.4 Å². The van der Waals surface area contributed by atoms with Gasteiger partial charge in [0.25, 0.3) is 0 Å². The van der Waals surface area contributed by atoms with Crippen molar-refractivity contribution in [3.63, 3.8) is 0 Å². The van der Waals surface area contributed by atoms with E-state index < -0.39 is 10.0 Å². The van der Waals surface area contributed by atoms with E-state index in [2.05, 4.69) is 10.0 Å². The van der Waals surface area contributed by atoms with Crippen LogP contribution in [-0.2, 0) is 14.8 Å². The van der Waals surface area contributed by atoms with Crippen molar-refractivity contribution in [1.29, 1.82) is 0 Å². The Hall–Kier alpha value is -0.170. The molecule has 0 aliphatic carbocycles. The molecule has 0 radical (unpaired) electrons. The quantitative estimate of drug-likeness (QED) is 0.687. The van der Waals surface area contributed by atoms with E-state index in [0.29, 0.717) is 12.6 Å². The van der Waals surface area contributed by atoms with Crippen molar-refractivity contribution < 1.29 is 13.2 Å². The van der Waals surface area contributed by atoms with Crippen molar-refractivity contribution in [2.45, 2.75) is 31.9 Å². The maximum atomic E-state index is 11.1. The van der Waals surface area contributed by atoms with Crippen LogP contribution in [-0.4, -0.2) is 46.5 Å². The highest BCUT2D eigenvalue weighted by molar-refractivity contribution is 7.89. The molecular formula is C9H20N2O3S. The number of hydrogen-bond acceptors (Lipinski definition) is 4. The summed E-state index contributed by atoms with van der Waals surface area (Å²) < 4.78 is 30.0. The molecule has 6 heteroatoms. The largest absolute Gasteiger partial charge is 0.378 e. The Bertz CT molecular complexity index is 279. The summed E-state index contributed by atoms with van der Waals surface area (Å²) in [7, 11) is -1.64. The lowest BCUT2D eigenvalue weighted by atomic mass is 10.0. The molecule has 0 spiro atoms. The highest BCUT2D eigenvalue weighted by Crippen LogP contribution is 2.12. The third kappa shape index (κ3) is 4.92. The second kappa shape index (κ2) is 5.79. The van der Waals surface area contributed by atoms with Gasteiger partial charge in [-0.15, -0.1) is 0 Å². The van der Waals surface area contributed by atoms with Gasteiger partial charge in [0.05, 0.1) is 11.9 Å². The lowest BCUT2D eigenvalue weighted by molar-refractivity contribution is 0.0137.